The number of methoxy groups -OCH3 is 1. The van der Waals surface area contributed by atoms with Gasteiger partial charge in [0.05, 0.1) is 35.3 Å². The predicted molar refractivity (Wildman–Crippen MR) is 128 cm³/mol. The zero-order chi connectivity index (χ0) is 23.5. The molecular formula is C24H22N4O4S. The van der Waals surface area contributed by atoms with Crippen molar-refractivity contribution >= 4 is 40.4 Å². The first-order valence-electron chi connectivity index (χ1n) is 10.2. The van der Waals surface area contributed by atoms with Crippen LogP contribution < -0.4 is 10.9 Å². The number of nitrogens with one attached hydrogen (secondary N) is 2. The van der Waals surface area contributed by atoms with Crippen LogP contribution in [0.2, 0.25) is 0 Å². The number of amides is 1. The van der Waals surface area contributed by atoms with E-state index in [1.807, 2.05) is 38.1 Å². The second-order valence-corrected chi connectivity index (χ2v) is 8.40. The van der Waals surface area contributed by atoms with Crippen molar-refractivity contribution in [1.82, 2.24) is 14.5 Å². The average molecular weight is 463 g/mol. The van der Waals surface area contributed by atoms with E-state index in [0.717, 1.165) is 23.0 Å². The summed E-state index contributed by atoms with van der Waals surface area (Å²) in [4.78, 5) is 45.6. The number of nitrogens with zero attached hydrogens (tertiary/aromatic N) is 2. The Balaban J connectivity index is 1.64. The molecule has 4 aromatic rings. The molecular weight excluding hydrogens is 440 g/mol. The summed E-state index contributed by atoms with van der Waals surface area (Å²) in [5.74, 6) is -0.893. The van der Waals surface area contributed by atoms with Gasteiger partial charge in [-0.15, -0.1) is 0 Å². The van der Waals surface area contributed by atoms with Gasteiger partial charge >= 0.3 is 5.97 Å². The van der Waals surface area contributed by atoms with E-state index >= 15 is 0 Å². The molecule has 0 spiro atoms. The van der Waals surface area contributed by atoms with Gasteiger partial charge in [-0.25, -0.2) is 9.78 Å². The molecule has 33 heavy (non-hydrogen) atoms. The number of H-pyrrole nitrogens is 1. The van der Waals surface area contributed by atoms with E-state index in [-0.39, 0.29) is 22.8 Å². The minimum atomic E-state index is -0.540. The van der Waals surface area contributed by atoms with Crippen molar-refractivity contribution in [3.8, 4) is 5.69 Å². The van der Waals surface area contributed by atoms with Gasteiger partial charge in [0.25, 0.3) is 5.56 Å². The molecule has 4 rings (SSSR count). The van der Waals surface area contributed by atoms with E-state index in [9.17, 15) is 14.4 Å². The first-order valence-corrected chi connectivity index (χ1v) is 11.2. The van der Waals surface area contributed by atoms with Crippen LogP contribution in [-0.4, -0.2) is 39.3 Å². The Hall–Kier alpha value is -3.85. The number of ether oxygens (including phenoxy) is 1. The molecule has 9 heteroatoms. The first kappa shape index (κ1) is 22.3. The van der Waals surface area contributed by atoms with Crippen LogP contribution in [0.25, 0.3) is 16.7 Å². The number of thioether (sulfide) groups is 1. The SMILES string of the molecule is COC(=O)c1ccccc1NC(=O)CSc1nc2cc(C)[nH]c2c(=O)n1-c1ccc(C)cc1. The van der Waals surface area contributed by atoms with E-state index in [1.165, 1.54) is 11.7 Å². The predicted octanol–water partition coefficient (Wildman–Crippen LogP) is 3.85. The molecule has 1 amide bonds. The zero-order valence-corrected chi connectivity index (χ0v) is 19.2. The number of aromatic nitrogens is 3. The van der Waals surface area contributed by atoms with Gasteiger partial charge in [0.15, 0.2) is 5.16 Å². The Morgan fingerprint density at radius 1 is 1.12 bits per heavy atom. The first-order chi connectivity index (χ1) is 15.9. The highest BCUT2D eigenvalue weighted by atomic mass is 32.2. The van der Waals surface area contributed by atoms with Gasteiger partial charge in [0.1, 0.15) is 5.52 Å². The molecule has 0 fully saturated rings. The summed E-state index contributed by atoms with van der Waals surface area (Å²) in [6.07, 6.45) is 0. The number of rotatable bonds is 6. The lowest BCUT2D eigenvalue weighted by molar-refractivity contribution is -0.113. The summed E-state index contributed by atoms with van der Waals surface area (Å²) in [6.45, 7) is 3.82. The van der Waals surface area contributed by atoms with Crippen molar-refractivity contribution in [2.75, 3.05) is 18.2 Å². The molecule has 0 aliphatic carbocycles. The van der Waals surface area contributed by atoms with Crippen LogP contribution in [-0.2, 0) is 9.53 Å². The van der Waals surface area contributed by atoms with Crippen LogP contribution in [0.5, 0.6) is 0 Å². The molecule has 168 valence electrons. The maximum atomic E-state index is 13.3. The number of hydrogen-bond acceptors (Lipinski definition) is 6. The topological polar surface area (TPSA) is 106 Å². The summed E-state index contributed by atoms with van der Waals surface area (Å²) in [6, 6.07) is 15.9. The van der Waals surface area contributed by atoms with Gasteiger partial charge in [-0.2, -0.15) is 0 Å². The summed E-state index contributed by atoms with van der Waals surface area (Å²) < 4.78 is 6.27. The molecule has 0 saturated carbocycles. The third-order valence-corrected chi connectivity index (χ3v) is 5.93. The lowest BCUT2D eigenvalue weighted by Gasteiger charge is -2.13. The molecule has 0 bridgehead atoms. The molecule has 2 aromatic heterocycles. The number of carbonyl (C=O) groups is 2. The van der Waals surface area contributed by atoms with Crippen LogP contribution in [0, 0.1) is 13.8 Å². The smallest absolute Gasteiger partial charge is 0.339 e. The number of aromatic amines is 1. The second kappa shape index (κ2) is 9.33. The third-order valence-electron chi connectivity index (χ3n) is 4.99. The Labute approximate surface area is 194 Å². The molecule has 0 saturated heterocycles. The normalized spacial score (nSPS) is 10.9. The number of esters is 1. The summed E-state index contributed by atoms with van der Waals surface area (Å²) in [5.41, 5.74) is 3.88. The van der Waals surface area contributed by atoms with Crippen molar-refractivity contribution in [3.63, 3.8) is 0 Å². The van der Waals surface area contributed by atoms with Gasteiger partial charge < -0.3 is 15.0 Å². The maximum Gasteiger partial charge on any atom is 0.339 e. The van der Waals surface area contributed by atoms with Crippen LogP contribution in [0.4, 0.5) is 5.69 Å². The molecule has 2 N–H and O–H groups in total. The van der Waals surface area contributed by atoms with Crippen LogP contribution in [0.15, 0.2) is 64.5 Å². The summed E-state index contributed by atoms with van der Waals surface area (Å²) in [5, 5.41) is 3.13. The Bertz CT molecular complexity index is 1410. The van der Waals surface area contributed by atoms with Gasteiger partial charge in [0, 0.05) is 5.69 Å². The van der Waals surface area contributed by atoms with Crippen molar-refractivity contribution in [2.45, 2.75) is 19.0 Å². The van der Waals surface area contributed by atoms with Crippen molar-refractivity contribution in [3.05, 3.63) is 81.8 Å². The Kier molecular flexibility index (Phi) is 6.32. The highest BCUT2D eigenvalue weighted by molar-refractivity contribution is 7.99. The Morgan fingerprint density at radius 3 is 2.58 bits per heavy atom. The van der Waals surface area contributed by atoms with Crippen molar-refractivity contribution < 1.29 is 14.3 Å². The lowest BCUT2D eigenvalue weighted by atomic mass is 10.2. The zero-order valence-electron chi connectivity index (χ0n) is 18.3. The second-order valence-electron chi connectivity index (χ2n) is 7.46. The maximum absolute atomic E-state index is 13.3. The van der Waals surface area contributed by atoms with Gasteiger partial charge in [0.2, 0.25) is 5.91 Å². The number of carbonyl (C=O) groups excluding carboxylic acids is 2. The fraction of sp³-hybridized carbons (Fsp3) is 0.167. The molecule has 0 unspecified atom stereocenters. The van der Waals surface area contributed by atoms with Crippen molar-refractivity contribution in [1.29, 1.82) is 0 Å². The van der Waals surface area contributed by atoms with E-state index in [1.54, 1.807) is 30.3 Å². The monoisotopic (exact) mass is 462 g/mol. The van der Waals surface area contributed by atoms with E-state index in [4.69, 9.17) is 4.74 Å². The van der Waals surface area contributed by atoms with Gasteiger partial charge in [-0.05, 0) is 44.2 Å². The quantitative estimate of drug-likeness (QED) is 0.256. The molecule has 0 radical (unpaired) electrons. The standard InChI is InChI=1S/C24H22N4O4S/c1-14-8-10-16(11-9-14)28-22(30)21-19(12-15(2)25-21)27-24(28)33-13-20(29)26-18-7-5-4-6-17(18)23(31)32-3/h4-12,25H,13H2,1-3H3,(H,26,29). The molecule has 0 aliphatic heterocycles. The minimum Gasteiger partial charge on any atom is -0.465 e. The molecule has 2 aromatic carbocycles. The largest absolute Gasteiger partial charge is 0.465 e. The molecule has 0 atom stereocenters. The van der Waals surface area contributed by atoms with Crippen LogP contribution in [0.1, 0.15) is 21.6 Å². The Morgan fingerprint density at radius 2 is 1.85 bits per heavy atom. The molecule has 8 nitrogen and oxygen atoms in total. The summed E-state index contributed by atoms with van der Waals surface area (Å²) in [7, 11) is 1.28. The number of aryl methyl sites for hydroxylation is 2. The minimum absolute atomic E-state index is 0.0112. The molecule has 2 heterocycles. The summed E-state index contributed by atoms with van der Waals surface area (Å²) >= 11 is 1.14. The fourth-order valence-electron chi connectivity index (χ4n) is 3.39. The number of hydrogen-bond donors (Lipinski definition) is 2. The average Bonchev–Trinajstić information content (AvgIpc) is 3.19. The van der Waals surface area contributed by atoms with Crippen LogP contribution in [0.3, 0.4) is 0 Å². The number of para-hydroxylation sites is 1. The molecule has 0 aliphatic rings. The number of anilines is 1. The van der Waals surface area contributed by atoms with E-state index in [2.05, 4.69) is 15.3 Å². The van der Waals surface area contributed by atoms with Crippen LogP contribution >= 0.6 is 11.8 Å². The van der Waals surface area contributed by atoms with E-state index < -0.39 is 5.97 Å². The third kappa shape index (κ3) is 4.68. The van der Waals surface area contributed by atoms with E-state index in [0.29, 0.717) is 27.6 Å². The highest BCUT2D eigenvalue weighted by Gasteiger charge is 2.18. The van der Waals surface area contributed by atoms with Crippen molar-refractivity contribution in [2.24, 2.45) is 0 Å². The lowest BCUT2D eigenvalue weighted by Crippen LogP contribution is -2.23. The highest BCUT2D eigenvalue weighted by Crippen LogP contribution is 2.23. The van der Waals surface area contributed by atoms with Gasteiger partial charge in [-0.3, -0.25) is 14.2 Å². The van der Waals surface area contributed by atoms with Gasteiger partial charge in [-0.1, -0.05) is 41.6 Å². The number of fused-ring (bicyclic) bond motifs is 1. The number of benzene rings is 2. The fourth-order valence-corrected chi connectivity index (χ4v) is 4.20.